The average molecular weight is 314 g/mol. The summed E-state index contributed by atoms with van der Waals surface area (Å²) in [6.45, 7) is 2.02. The Morgan fingerprint density at radius 3 is 2.43 bits per heavy atom. The van der Waals surface area contributed by atoms with Crippen LogP contribution in [0.5, 0.6) is 11.6 Å². The van der Waals surface area contributed by atoms with Crippen LogP contribution < -0.4 is 9.47 Å². The normalized spacial score (nSPS) is 11.7. The van der Waals surface area contributed by atoms with E-state index in [1.54, 1.807) is 37.3 Å². The maximum absolute atomic E-state index is 12.5. The largest absolute Gasteiger partial charge is 0.497 e. The summed E-state index contributed by atoms with van der Waals surface area (Å²) < 4.78 is 10.2. The molecule has 0 aliphatic heterocycles. The molecule has 2 aromatic rings. The molecule has 0 radical (unpaired) electrons. The summed E-state index contributed by atoms with van der Waals surface area (Å²) in [5.41, 5.74) is 1.53. The van der Waals surface area contributed by atoms with E-state index < -0.39 is 0 Å². The van der Waals surface area contributed by atoms with Gasteiger partial charge in [0.1, 0.15) is 11.4 Å². The van der Waals surface area contributed by atoms with E-state index in [1.807, 2.05) is 31.2 Å². The van der Waals surface area contributed by atoms with Crippen molar-refractivity contribution in [2.45, 2.75) is 19.4 Å². The zero-order valence-corrected chi connectivity index (χ0v) is 13.9. The van der Waals surface area contributed by atoms with Gasteiger partial charge >= 0.3 is 0 Å². The number of rotatable bonds is 6. The third-order valence-electron chi connectivity index (χ3n) is 3.82. The molecule has 0 aliphatic rings. The second-order valence-electron chi connectivity index (χ2n) is 5.38. The Labute approximate surface area is 136 Å². The molecule has 1 aromatic heterocycles. The van der Waals surface area contributed by atoms with Crippen LogP contribution in [0.25, 0.3) is 0 Å². The van der Waals surface area contributed by atoms with Gasteiger partial charge in [-0.1, -0.05) is 18.2 Å². The van der Waals surface area contributed by atoms with Gasteiger partial charge in [-0.2, -0.15) is 0 Å². The fraction of sp³-hybridized carbons (Fsp3) is 0.333. The molecule has 1 amide bonds. The highest BCUT2D eigenvalue weighted by molar-refractivity contribution is 5.92. The lowest BCUT2D eigenvalue weighted by Gasteiger charge is -2.25. The zero-order valence-electron chi connectivity index (χ0n) is 13.9. The summed E-state index contributed by atoms with van der Waals surface area (Å²) >= 11 is 0. The molecule has 0 aliphatic carbocycles. The minimum atomic E-state index is -0.120. The number of likely N-dealkylation sites (N-methyl/N-ethyl adjacent to an activating group) is 1. The number of carbonyl (C=O) groups is 1. The molecule has 0 bridgehead atoms. The number of aromatic nitrogens is 1. The van der Waals surface area contributed by atoms with Gasteiger partial charge < -0.3 is 14.4 Å². The van der Waals surface area contributed by atoms with Gasteiger partial charge in [-0.15, -0.1) is 0 Å². The number of amides is 1. The molecule has 5 heteroatoms. The minimum Gasteiger partial charge on any atom is -0.497 e. The van der Waals surface area contributed by atoms with Crippen molar-refractivity contribution in [3.8, 4) is 11.6 Å². The maximum atomic E-state index is 12.5. The third-order valence-corrected chi connectivity index (χ3v) is 3.82. The number of carbonyl (C=O) groups excluding carboxylic acids is 1. The third kappa shape index (κ3) is 4.22. The fourth-order valence-corrected chi connectivity index (χ4v) is 2.27. The smallest absolute Gasteiger partial charge is 0.272 e. The van der Waals surface area contributed by atoms with E-state index in [1.165, 1.54) is 7.11 Å². The van der Waals surface area contributed by atoms with Crippen molar-refractivity contribution in [2.24, 2.45) is 0 Å². The minimum absolute atomic E-state index is 0.0453. The van der Waals surface area contributed by atoms with Gasteiger partial charge in [-0.25, -0.2) is 4.98 Å². The van der Waals surface area contributed by atoms with Crippen LogP contribution in [0.2, 0.25) is 0 Å². The Balaban J connectivity index is 2.05. The van der Waals surface area contributed by atoms with Crippen LogP contribution in [0.4, 0.5) is 0 Å². The molecule has 122 valence electrons. The number of pyridine rings is 1. The summed E-state index contributed by atoms with van der Waals surface area (Å²) in [6.07, 6.45) is 0.760. The molecule has 0 N–H and O–H groups in total. The van der Waals surface area contributed by atoms with Crippen molar-refractivity contribution in [1.82, 2.24) is 9.88 Å². The molecule has 1 heterocycles. The van der Waals surface area contributed by atoms with Gasteiger partial charge in [-0.3, -0.25) is 4.79 Å². The van der Waals surface area contributed by atoms with E-state index in [0.717, 1.165) is 17.7 Å². The molecule has 2 rings (SSSR count). The lowest BCUT2D eigenvalue weighted by molar-refractivity contribution is 0.0736. The standard InChI is InChI=1S/C18H22N2O3/c1-13(12-14-8-10-15(22-3)11-9-14)20(2)18(21)16-6-5-7-17(19-16)23-4/h5-11,13H,12H2,1-4H3. The highest BCUT2D eigenvalue weighted by Gasteiger charge is 2.19. The van der Waals surface area contributed by atoms with Crippen molar-refractivity contribution in [1.29, 1.82) is 0 Å². The lowest BCUT2D eigenvalue weighted by atomic mass is 10.1. The van der Waals surface area contributed by atoms with Crippen molar-refractivity contribution in [3.63, 3.8) is 0 Å². The van der Waals surface area contributed by atoms with E-state index >= 15 is 0 Å². The molecule has 0 saturated carbocycles. The lowest BCUT2D eigenvalue weighted by Crippen LogP contribution is -2.36. The number of benzene rings is 1. The summed E-state index contributed by atoms with van der Waals surface area (Å²) in [7, 11) is 4.97. The molecular weight excluding hydrogens is 292 g/mol. The van der Waals surface area contributed by atoms with Crippen LogP contribution in [0.1, 0.15) is 23.0 Å². The predicted octanol–water partition coefficient (Wildman–Crippen LogP) is 2.80. The summed E-state index contributed by atoms with van der Waals surface area (Å²) in [4.78, 5) is 18.4. The van der Waals surface area contributed by atoms with Crippen LogP contribution in [-0.2, 0) is 6.42 Å². The Kier molecular flexibility index (Phi) is 5.57. The SMILES string of the molecule is COc1ccc(CC(C)N(C)C(=O)c2cccc(OC)n2)cc1. The molecule has 1 atom stereocenters. The Morgan fingerprint density at radius 1 is 1.13 bits per heavy atom. The second-order valence-corrected chi connectivity index (χ2v) is 5.38. The Morgan fingerprint density at radius 2 is 1.83 bits per heavy atom. The van der Waals surface area contributed by atoms with E-state index in [-0.39, 0.29) is 11.9 Å². The van der Waals surface area contributed by atoms with Gasteiger partial charge in [0, 0.05) is 19.2 Å². The van der Waals surface area contributed by atoms with Crippen molar-refractivity contribution in [2.75, 3.05) is 21.3 Å². The average Bonchev–Trinajstić information content (AvgIpc) is 2.61. The van der Waals surface area contributed by atoms with Crippen LogP contribution in [0, 0.1) is 0 Å². The summed E-state index contributed by atoms with van der Waals surface area (Å²) in [5, 5.41) is 0. The van der Waals surface area contributed by atoms with Gasteiger partial charge in [-0.05, 0) is 37.1 Å². The van der Waals surface area contributed by atoms with Gasteiger partial charge in [0.05, 0.1) is 14.2 Å². The molecule has 1 unspecified atom stereocenters. The number of ether oxygens (including phenoxy) is 2. The highest BCUT2D eigenvalue weighted by Crippen LogP contribution is 2.15. The first kappa shape index (κ1) is 16.8. The van der Waals surface area contributed by atoms with Crippen LogP contribution >= 0.6 is 0 Å². The molecule has 5 nitrogen and oxygen atoms in total. The monoisotopic (exact) mass is 314 g/mol. The van der Waals surface area contributed by atoms with E-state index in [2.05, 4.69) is 4.98 Å². The van der Waals surface area contributed by atoms with Gasteiger partial charge in [0.15, 0.2) is 0 Å². The van der Waals surface area contributed by atoms with Crippen LogP contribution in [-0.4, -0.2) is 43.1 Å². The number of hydrogen-bond acceptors (Lipinski definition) is 4. The molecule has 0 fully saturated rings. The molecule has 0 spiro atoms. The zero-order chi connectivity index (χ0) is 16.8. The van der Waals surface area contributed by atoms with Crippen LogP contribution in [0.3, 0.4) is 0 Å². The first-order valence-corrected chi connectivity index (χ1v) is 7.46. The summed E-state index contributed by atoms with van der Waals surface area (Å²) in [5.74, 6) is 1.14. The van der Waals surface area contributed by atoms with Gasteiger partial charge in [0.25, 0.3) is 5.91 Å². The highest BCUT2D eigenvalue weighted by atomic mass is 16.5. The fourth-order valence-electron chi connectivity index (χ4n) is 2.27. The molecule has 1 aromatic carbocycles. The Bertz CT molecular complexity index is 656. The second kappa shape index (κ2) is 7.63. The molecule has 0 saturated heterocycles. The predicted molar refractivity (Wildman–Crippen MR) is 89.0 cm³/mol. The maximum Gasteiger partial charge on any atom is 0.272 e. The van der Waals surface area contributed by atoms with Gasteiger partial charge in [0.2, 0.25) is 5.88 Å². The summed E-state index contributed by atoms with van der Waals surface area (Å²) in [6, 6.07) is 13.1. The van der Waals surface area contributed by atoms with Crippen molar-refractivity contribution >= 4 is 5.91 Å². The first-order chi connectivity index (χ1) is 11.0. The topological polar surface area (TPSA) is 51.7 Å². The number of nitrogens with zero attached hydrogens (tertiary/aromatic N) is 2. The van der Waals surface area contributed by atoms with Crippen molar-refractivity contribution in [3.05, 3.63) is 53.7 Å². The molecular formula is C18H22N2O3. The Hall–Kier alpha value is -2.56. The van der Waals surface area contributed by atoms with Crippen LogP contribution in [0.15, 0.2) is 42.5 Å². The number of methoxy groups -OCH3 is 2. The first-order valence-electron chi connectivity index (χ1n) is 7.46. The van der Waals surface area contributed by atoms with E-state index in [9.17, 15) is 4.79 Å². The number of hydrogen-bond donors (Lipinski definition) is 0. The van der Waals surface area contributed by atoms with Crippen molar-refractivity contribution < 1.29 is 14.3 Å². The van der Waals surface area contributed by atoms with E-state index in [4.69, 9.17) is 9.47 Å². The molecule has 23 heavy (non-hydrogen) atoms. The van der Waals surface area contributed by atoms with E-state index in [0.29, 0.717) is 11.6 Å². The quantitative estimate of drug-likeness (QED) is 0.823.